The Morgan fingerprint density at radius 1 is 1.31 bits per heavy atom. The molecule has 3 nitrogen and oxygen atoms in total. The molecule has 0 aliphatic carbocycles. The zero-order valence-electron chi connectivity index (χ0n) is 9.96. The number of nitrogens with two attached hydrogens (primary N) is 1. The van der Waals surface area contributed by atoms with Gasteiger partial charge in [0.05, 0.1) is 0 Å². The second-order valence-corrected chi connectivity index (χ2v) is 4.52. The molecule has 3 N–H and O–H groups in total. The van der Waals surface area contributed by atoms with Gasteiger partial charge < -0.3 is 15.7 Å². The number of hydrogen-bond donors (Lipinski definition) is 2. The number of aliphatic hydroxyl groups excluding tert-OH is 1. The van der Waals surface area contributed by atoms with E-state index in [9.17, 15) is 13.2 Å². The van der Waals surface area contributed by atoms with Crippen molar-refractivity contribution < 1.29 is 18.3 Å². The van der Waals surface area contributed by atoms with Crippen molar-refractivity contribution in [3.63, 3.8) is 0 Å². The van der Waals surface area contributed by atoms with Crippen LogP contribution in [0.5, 0.6) is 0 Å². The first-order valence-corrected chi connectivity index (χ1v) is 5.33. The highest BCUT2D eigenvalue weighted by atomic mass is 19.4. The van der Waals surface area contributed by atoms with Crippen LogP contribution in [0.2, 0.25) is 0 Å². The summed E-state index contributed by atoms with van der Waals surface area (Å²) < 4.78 is 36.1. The predicted octanol–water partition coefficient (Wildman–Crippen LogP) is 1.21. The minimum Gasteiger partial charge on any atom is -0.382 e. The molecule has 0 amide bonds. The average Bonchev–Trinajstić information content (AvgIpc) is 2.12. The lowest BCUT2D eigenvalue weighted by atomic mass is 10.0. The van der Waals surface area contributed by atoms with Gasteiger partial charge in [-0.2, -0.15) is 13.2 Å². The van der Waals surface area contributed by atoms with Crippen molar-refractivity contribution in [3.8, 4) is 0 Å². The highest BCUT2D eigenvalue weighted by Crippen LogP contribution is 2.20. The van der Waals surface area contributed by atoms with E-state index in [4.69, 9.17) is 10.8 Å². The fourth-order valence-corrected chi connectivity index (χ4v) is 1.19. The molecular formula is C10H21F3N2O. The Hall–Kier alpha value is -0.330. The Balaban J connectivity index is 3.87. The van der Waals surface area contributed by atoms with Crippen LogP contribution in [-0.2, 0) is 0 Å². The number of aliphatic hydroxyl groups is 1. The topological polar surface area (TPSA) is 49.5 Å². The maximum atomic E-state index is 12.0. The van der Waals surface area contributed by atoms with Gasteiger partial charge in [-0.25, -0.2) is 0 Å². The lowest BCUT2D eigenvalue weighted by molar-refractivity contribution is -0.207. The predicted molar refractivity (Wildman–Crippen MR) is 57.0 cm³/mol. The molecule has 0 aromatic carbocycles. The van der Waals surface area contributed by atoms with E-state index >= 15 is 0 Å². The van der Waals surface area contributed by atoms with Gasteiger partial charge in [0.15, 0.2) is 6.10 Å². The van der Waals surface area contributed by atoms with E-state index in [1.807, 2.05) is 13.8 Å². The van der Waals surface area contributed by atoms with Gasteiger partial charge in [0, 0.05) is 12.6 Å². The quantitative estimate of drug-likeness (QED) is 0.736. The molecule has 16 heavy (non-hydrogen) atoms. The van der Waals surface area contributed by atoms with E-state index in [0.717, 1.165) is 0 Å². The van der Waals surface area contributed by atoms with Gasteiger partial charge in [-0.1, -0.05) is 13.8 Å². The molecule has 0 aliphatic rings. The smallest absolute Gasteiger partial charge is 0.382 e. The van der Waals surface area contributed by atoms with Crippen LogP contribution in [0.3, 0.4) is 0 Å². The van der Waals surface area contributed by atoms with Gasteiger partial charge in [-0.05, 0) is 25.9 Å². The van der Waals surface area contributed by atoms with E-state index < -0.39 is 18.8 Å². The largest absolute Gasteiger partial charge is 0.415 e. The maximum Gasteiger partial charge on any atom is 0.415 e. The summed E-state index contributed by atoms with van der Waals surface area (Å²) >= 11 is 0. The van der Waals surface area contributed by atoms with E-state index in [-0.39, 0.29) is 6.04 Å². The first-order chi connectivity index (χ1) is 7.14. The number of hydrogen-bond acceptors (Lipinski definition) is 3. The first-order valence-electron chi connectivity index (χ1n) is 5.33. The Morgan fingerprint density at radius 2 is 1.81 bits per heavy atom. The van der Waals surface area contributed by atoms with Crippen LogP contribution in [0.15, 0.2) is 0 Å². The zero-order valence-corrected chi connectivity index (χ0v) is 9.96. The molecule has 6 heteroatoms. The highest BCUT2D eigenvalue weighted by Gasteiger charge is 2.38. The summed E-state index contributed by atoms with van der Waals surface area (Å²) in [4.78, 5) is 1.44. The number of nitrogens with zero attached hydrogens (tertiary/aromatic N) is 1. The van der Waals surface area contributed by atoms with Crippen molar-refractivity contribution in [2.24, 2.45) is 11.7 Å². The standard InChI is InChI=1S/C10H21F3N2O/c1-7(2)8(14)4-5-15(3)6-9(16)10(11,12)13/h7-9,16H,4-6,14H2,1-3H3. The second kappa shape index (κ2) is 6.42. The Labute approximate surface area is 94.4 Å². The monoisotopic (exact) mass is 242 g/mol. The molecule has 0 heterocycles. The van der Waals surface area contributed by atoms with Crippen LogP contribution in [0, 0.1) is 5.92 Å². The Bertz CT molecular complexity index is 197. The lowest BCUT2D eigenvalue weighted by Crippen LogP contribution is -2.41. The highest BCUT2D eigenvalue weighted by molar-refractivity contribution is 4.72. The van der Waals surface area contributed by atoms with Crippen molar-refractivity contribution in [1.29, 1.82) is 0 Å². The van der Waals surface area contributed by atoms with Crippen LogP contribution in [-0.4, -0.2) is 48.5 Å². The van der Waals surface area contributed by atoms with Crippen LogP contribution in [0.1, 0.15) is 20.3 Å². The summed E-state index contributed by atoms with van der Waals surface area (Å²) in [5.41, 5.74) is 5.77. The molecular weight excluding hydrogens is 221 g/mol. The van der Waals surface area contributed by atoms with Crippen LogP contribution in [0.25, 0.3) is 0 Å². The van der Waals surface area contributed by atoms with Crippen molar-refractivity contribution >= 4 is 0 Å². The van der Waals surface area contributed by atoms with Crippen LogP contribution >= 0.6 is 0 Å². The normalized spacial score (nSPS) is 16.9. The zero-order chi connectivity index (χ0) is 12.9. The van der Waals surface area contributed by atoms with Gasteiger partial charge in [0.1, 0.15) is 0 Å². The third-order valence-corrected chi connectivity index (χ3v) is 2.56. The minimum atomic E-state index is -4.55. The fourth-order valence-electron chi connectivity index (χ4n) is 1.19. The molecule has 0 aromatic rings. The number of rotatable bonds is 6. The molecule has 0 spiro atoms. The Morgan fingerprint density at radius 3 is 2.19 bits per heavy atom. The molecule has 0 aromatic heterocycles. The molecule has 0 radical (unpaired) electrons. The second-order valence-electron chi connectivity index (χ2n) is 4.52. The Kier molecular flexibility index (Phi) is 6.28. The van der Waals surface area contributed by atoms with Crippen molar-refractivity contribution in [2.45, 2.75) is 38.6 Å². The SMILES string of the molecule is CC(C)C(N)CCN(C)CC(O)C(F)(F)F. The number of alkyl halides is 3. The van der Waals surface area contributed by atoms with Gasteiger partial charge in [-0.3, -0.25) is 0 Å². The molecule has 0 bridgehead atoms. The van der Waals surface area contributed by atoms with E-state index in [0.29, 0.717) is 18.9 Å². The molecule has 2 unspecified atom stereocenters. The van der Waals surface area contributed by atoms with Gasteiger partial charge >= 0.3 is 6.18 Å². The van der Waals surface area contributed by atoms with E-state index in [1.165, 1.54) is 4.90 Å². The van der Waals surface area contributed by atoms with Gasteiger partial charge in [0.2, 0.25) is 0 Å². The molecule has 98 valence electrons. The molecule has 0 saturated carbocycles. The van der Waals surface area contributed by atoms with E-state index in [1.54, 1.807) is 7.05 Å². The van der Waals surface area contributed by atoms with Crippen molar-refractivity contribution in [2.75, 3.05) is 20.1 Å². The van der Waals surface area contributed by atoms with E-state index in [2.05, 4.69) is 0 Å². The van der Waals surface area contributed by atoms with Gasteiger partial charge in [-0.15, -0.1) is 0 Å². The fraction of sp³-hybridized carbons (Fsp3) is 1.00. The first kappa shape index (κ1) is 15.7. The van der Waals surface area contributed by atoms with Crippen LogP contribution in [0.4, 0.5) is 13.2 Å². The van der Waals surface area contributed by atoms with Crippen LogP contribution < -0.4 is 5.73 Å². The molecule has 0 fully saturated rings. The molecule has 0 saturated heterocycles. The molecule has 2 atom stereocenters. The van der Waals surface area contributed by atoms with Crippen molar-refractivity contribution in [1.82, 2.24) is 4.90 Å². The van der Waals surface area contributed by atoms with Gasteiger partial charge in [0.25, 0.3) is 0 Å². The summed E-state index contributed by atoms with van der Waals surface area (Å²) in [7, 11) is 1.54. The molecule has 0 aliphatic heterocycles. The lowest BCUT2D eigenvalue weighted by Gasteiger charge is -2.24. The summed E-state index contributed by atoms with van der Waals surface area (Å²) in [6, 6.07) is -0.0227. The summed E-state index contributed by atoms with van der Waals surface area (Å²) in [6.45, 7) is 3.98. The number of halogens is 3. The third kappa shape index (κ3) is 6.30. The number of likely N-dealkylation sites (N-methyl/N-ethyl adjacent to an activating group) is 1. The molecule has 0 rings (SSSR count). The summed E-state index contributed by atoms with van der Waals surface area (Å²) in [6.07, 6.45) is -6.21. The average molecular weight is 242 g/mol. The summed E-state index contributed by atoms with van der Waals surface area (Å²) in [5, 5.41) is 8.83. The third-order valence-electron chi connectivity index (χ3n) is 2.56. The van der Waals surface area contributed by atoms with Crippen molar-refractivity contribution in [3.05, 3.63) is 0 Å². The maximum absolute atomic E-state index is 12.0. The minimum absolute atomic E-state index is 0.0227. The summed E-state index contributed by atoms with van der Waals surface area (Å²) in [5.74, 6) is 0.306.